The van der Waals surface area contributed by atoms with E-state index in [0.717, 1.165) is 38.5 Å². The van der Waals surface area contributed by atoms with Crippen LogP contribution in [0.2, 0.25) is 0 Å². The predicted molar refractivity (Wildman–Crippen MR) is 99.5 cm³/mol. The topological polar surface area (TPSA) is 18.5 Å². The fraction of sp³-hybridized carbons (Fsp3) is 0.636. The van der Waals surface area contributed by atoms with E-state index in [2.05, 4.69) is 19.1 Å². The average molecular weight is 364 g/mol. The molecule has 0 aliphatic heterocycles. The first-order valence-corrected chi connectivity index (χ1v) is 9.82. The summed E-state index contributed by atoms with van der Waals surface area (Å²) >= 11 is 0. The highest BCUT2D eigenvalue weighted by Crippen LogP contribution is 2.44. The Morgan fingerprint density at radius 1 is 1.08 bits per heavy atom. The monoisotopic (exact) mass is 364 g/mol. The second-order valence-corrected chi connectivity index (χ2v) is 7.90. The Morgan fingerprint density at radius 3 is 2.38 bits per heavy atom. The fourth-order valence-electron chi connectivity index (χ4n) is 4.51. The van der Waals surface area contributed by atoms with Gasteiger partial charge >= 0.3 is 0 Å². The predicted octanol–water partition coefficient (Wildman–Crippen LogP) is 6.01. The normalized spacial score (nSPS) is 31.8. The molecule has 2 unspecified atom stereocenters. The summed E-state index contributed by atoms with van der Waals surface area (Å²) < 4.78 is 39.3. The van der Waals surface area contributed by atoms with Crippen LogP contribution in [0.5, 0.6) is 5.75 Å². The SMILES string of the molecule is CCOc1ccc(C2CCC(C3C=CC(C)(OC)CC3)CC2)c(F)c1F. The van der Waals surface area contributed by atoms with E-state index in [1.165, 1.54) is 0 Å². The van der Waals surface area contributed by atoms with Gasteiger partial charge in [-0.2, -0.15) is 4.39 Å². The third-order valence-electron chi connectivity index (χ3n) is 6.33. The summed E-state index contributed by atoms with van der Waals surface area (Å²) in [4.78, 5) is 0. The van der Waals surface area contributed by atoms with Crippen molar-refractivity contribution in [1.29, 1.82) is 0 Å². The lowest BCUT2D eigenvalue weighted by Crippen LogP contribution is -2.31. The van der Waals surface area contributed by atoms with Crippen molar-refractivity contribution in [1.82, 2.24) is 0 Å². The number of ether oxygens (including phenoxy) is 2. The van der Waals surface area contributed by atoms with Gasteiger partial charge in [-0.1, -0.05) is 18.2 Å². The molecular weight excluding hydrogens is 334 g/mol. The van der Waals surface area contributed by atoms with Gasteiger partial charge in [-0.25, -0.2) is 4.39 Å². The minimum Gasteiger partial charge on any atom is -0.491 e. The summed E-state index contributed by atoms with van der Waals surface area (Å²) in [5, 5.41) is 0. The molecule has 1 saturated carbocycles. The third-order valence-corrected chi connectivity index (χ3v) is 6.33. The molecule has 0 bridgehead atoms. The van der Waals surface area contributed by atoms with Crippen LogP contribution in [0.15, 0.2) is 24.3 Å². The molecule has 1 aromatic rings. The smallest absolute Gasteiger partial charge is 0.200 e. The van der Waals surface area contributed by atoms with Crippen LogP contribution in [-0.4, -0.2) is 19.3 Å². The second kappa shape index (κ2) is 8.08. The summed E-state index contributed by atoms with van der Waals surface area (Å²) in [6.07, 6.45) is 10.7. The van der Waals surface area contributed by atoms with Crippen molar-refractivity contribution in [2.24, 2.45) is 11.8 Å². The summed E-state index contributed by atoms with van der Waals surface area (Å²) in [5.41, 5.74) is 0.381. The Hall–Kier alpha value is -1.42. The maximum Gasteiger partial charge on any atom is 0.200 e. The van der Waals surface area contributed by atoms with Crippen LogP contribution >= 0.6 is 0 Å². The Morgan fingerprint density at radius 2 is 1.81 bits per heavy atom. The molecule has 1 fully saturated rings. The van der Waals surface area contributed by atoms with Crippen molar-refractivity contribution < 1.29 is 18.3 Å². The van der Waals surface area contributed by atoms with Gasteiger partial charge < -0.3 is 9.47 Å². The van der Waals surface area contributed by atoms with Gasteiger partial charge in [-0.3, -0.25) is 0 Å². The summed E-state index contributed by atoms with van der Waals surface area (Å²) in [5.74, 6) is -0.238. The zero-order valence-electron chi connectivity index (χ0n) is 16.1. The van der Waals surface area contributed by atoms with Crippen molar-refractivity contribution in [3.63, 3.8) is 0 Å². The molecule has 2 atom stereocenters. The highest BCUT2D eigenvalue weighted by atomic mass is 19.2. The molecule has 0 aromatic heterocycles. The summed E-state index contributed by atoms with van der Waals surface area (Å²) in [6, 6.07) is 3.28. The highest BCUT2D eigenvalue weighted by molar-refractivity contribution is 5.33. The van der Waals surface area contributed by atoms with Crippen molar-refractivity contribution in [3.8, 4) is 5.75 Å². The van der Waals surface area contributed by atoms with Crippen molar-refractivity contribution in [3.05, 3.63) is 41.5 Å². The molecule has 3 rings (SSSR count). The maximum absolute atomic E-state index is 14.5. The Balaban J connectivity index is 1.63. The van der Waals surface area contributed by atoms with Gasteiger partial charge in [-0.05, 0) is 81.8 Å². The van der Waals surface area contributed by atoms with Crippen LogP contribution in [0.1, 0.15) is 63.9 Å². The molecule has 2 nitrogen and oxygen atoms in total. The minimum absolute atomic E-state index is 0.0102. The largest absolute Gasteiger partial charge is 0.491 e. The van der Waals surface area contributed by atoms with Gasteiger partial charge in [0, 0.05) is 7.11 Å². The molecule has 0 radical (unpaired) electrons. The number of allylic oxidation sites excluding steroid dienone is 1. The van der Waals surface area contributed by atoms with E-state index in [0.29, 0.717) is 24.0 Å². The van der Waals surface area contributed by atoms with Crippen LogP contribution in [0, 0.1) is 23.5 Å². The number of rotatable bonds is 5. The van der Waals surface area contributed by atoms with E-state index in [1.807, 2.05) is 0 Å². The van der Waals surface area contributed by atoms with Crippen LogP contribution in [-0.2, 0) is 4.74 Å². The van der Waals surface area contributed by atoms with Gasteiger partial charge in [0.1, 0.15) is 0 Å². The molecule has 0 amide bonds. The Kier molecular flexibility index (Phi) is 6.01. The quantitative estimate of drug-likeness (QED) is 0.596. The molecule has 26 heavy (non-hydrogen) atoms. The Bertz CT molecular complexity index is 650. The van der Waals surface area contributed by atoms with E-state index in [-0.39, 0.29) is 17.3 Å². The third kappa shape index (κ3) is 3.95. The van der Waals surface area contributed by atoms with Gasteiger partial charge in [0.25, 0.3) is 0 Å². The van der Waals surface area contributed by atoms with Crippen LogP contribution in [0.25, 0.3) is 0 Å². The van der Waals surface area contributed by atoms with Crippen LogP contribution in [0.3, 0.4) is 0 Å². The van der Waals surface area contributed by atoms with Gasteiger partial charge in [-0.15, -0.1) is 0 Å². The Labute approximate surface area is 155 Å². The average Bonchev–Trinajstić information content (AvgIpc) is 2.67. The van der Waals surface area contributed by atoms with E-state index in [1.54, 1.807) is 26.2 Å². The number of hydrogen-bond acceptors (Lipinski definition) is 2. The van der Waals surface area contributed by atoms with Gasteiger partial charge in [0.15, 0.2) is 11.6 Å². The molecule has 4 heteroatoms. The molecule has 1 aromatic carbocycles. The molecule has 0 heterocycles. The van der Waals surface area contributed by atoms with Crippen molar-refractivity contribution >= 4 is 0 Å². The number of methoxy groups -OCH3 is 1. The molecule has 0 saturated heterocycles. The van der Waals surface area contributed by atoms with Crippen LogP contribution < -0.4 is 4.74 Å². The minimum atomic E-state index is -0.847. The van der Waals surface area contributed by atoms with E-state index in [4.69, 9.17) is 9.47 Å². The highest BCUT2D eigenvalue weighted by Gasteiger charge is 2.33. The standard InChI is InChI=1S/C22H30F2O2/c1-4-26-19-10-9-18(20(23)21(19)24)17-7-5-15(6-8-17)16-11-13-22(2,25-3)14-12-16/h9-11,13,15-17H,4-8,12,14H2,1-3H3. The van der Waals surface area contributed by atoms with E-state index < -0.39 is 11.6 Å². The molecule has 2 aliphatic rings. The van der Waals surface area contributed by atoms with E-state index in [9.17, 15) is 8.78 Å². The fourth-order valence-corrected chi connectivity index (χ4v) is 4.51. The van der Waals surface area contributed by atoms with Gasteiger partial charge in [0.05, 0.1) is 12.2 Å². The van der Waals surface area contributed by atoms with Crippen LogP contribution in [0.4, 0.5) is 8.78 Å². The first-order valence-electron chi connectivity index (χ1n) is 9.82. The number of halogens is 2. The molecule has 2 aliphatic carbocycles. The van der Waals surface area contributed by atoms with Gasteiger partial charge in [0.2, 0.25) is 5.82 Å². The maximum atomic E-state index is 14.5. The molecule has 0 N–H and O–H groups in total. The second-order valence-electron chi connectivity index (χ2n) is 7.90. The lowest BCUT2D eigenvalue weighted by molar-refractivity contribution is 0.0272. The summed E-state index contributed by atoms with van der Waals surface area (Å²) in [7, 11) is 1.76. The summed E-state index contributed by atoms with van der Waals surface area (Å²) in [6.45, 7) is 4.22. The van der Waals surface area contributed by atoms with Crippen molar-refractivity contribution in [2.45, 2.75) is 63.9 Å². The first-order chi connectivity index (χ1) is 12.5. The number of hydrogen-bond donors (Lipinski definition) is 0. The lowest BCUT2D eigenvalue weighted by atomic mass is 9.70. The lowest BCUT2D eigenvalue weighted by Gasteiger charge is -2.37. The molecule has 0 spiro atoms. The first kappa shape index (κ1) is 19.3. The molecular formula is C22H30F2O2. The van der Waals surface area contributed by atoms with Crippen molar-refractivity contribution in [2.75, 3.05) is 13.7 Å². The zero-order chi connectivity index (χ0) is 18.7. The zero-order valence-corrected chi connectivity index (χ0v) is 16.1. The number of benzene rings is 1. The van der Waals surface area contributed by atoms with E-state index >= 15 is 0 Å². The molecule has 144 valence electrons.